The Balaban J connectivity index is 0.00000162. The van der Waals surface area contributed by atoms with Crippen molar-refractivity contribution in [1.29, 1.82) is 0 Å². The van der Waals surface area contributed by atoms with Crippen molar-refractivity contribution in [3.05, 3.63) is 12.4 Å². The first kappa shape index (κ1) is 15.0. The molecule has 0 aliphatic heterocycles. The van der Waals surface area contributed by atoms with Crippen molar-refractivity contribution in [2.24, 2.45) is 18.7 Å². The number of anilines is 1. The number of nitrogens with one attached hydrogen (secondary N) is 1. The van der Waals surface area contributed by atoms with Gasteiger partial charge in [-0.25, -0.2) is 0 Å². The van der Waals surface area contributed by atoms with E-state index in [-0.39, 0.29) is 18.3 Å². The average Bonchev–Trinajstić information content (AvgIpc) is 2.90. The molecule has 1 aromatic heterocycles. The van der Waals surface area contributed by atoms with Crippen molar-refractivity contribution in [2.75, 3.05) is 5.32 Å². The Morgan fingerprint density at radius 3 is 2.83 bits per heavy atom. The summed E-state index contributed by atoms with van der Waals surface area (Å²) in [6.07, 6.45) is 9.18. The highest BCUT2D eigenvalue weighted by Crippen LogP contribution is 2.28. The van der Waals surface area contributed by atoms with Crippen molar-refractivity contribution in [1.82, 2.24) is 9.78 Å². The van der Waals surface area contributed by atoms with Crippen LogP contribution in [0.1, 0.15) is 32.1 Å². The second-order valence-electron chi connectivity index (χ2n) is 4.88. The normalized spacial score (nSPS) is 17.2. The number of nitrogens with two attached hydrogens (primary N) is 1. The van der Waals surface area contributed by atoms with E-state index in [9.17, 15) is 4.79 Å². The van der Waals surface area contributed by atoms with Crippen LogP contribution < -0.4 is 11.1 Å². The molecule has 1 fully saturated rings. The molecule has 1 aliphatic rings. The molecule has 5 nitrogen and oxygen atoms in total. The lowest BCUT2D eigenvalue weighted by molar-refractivity contribution is -0.117. The molecular weight excluding hydrogens is 252 g/mol. The number of aromatic nitrogens is 2. The number of hydrogen-bond acceptors (Lipinski definition) is 3. The Kier molecular flexibility index (Phi) is 5.62. The molecule has 3 N–H and O–H groups in total. The molecule has 1 saturated carbocycles. The van der Waals surface area contributed by atoms with Gasteiger partial charge in [-0.15, -0.1) is 12.4 Å². The Bertz CT molecular complexity index is 387. The van der Waals surface area contributed by atoms with Gasteiger partial charge >= 0.3 is 0 Å². The SMILES string of the molecule is Cl.Cn1cc(NC(=O)[C@@H](N)CC2CCCC2)cn1. The molecule has 6 heteroatoms. The maximum atomic E-state index is 11.8. The first-order valence-electron chi connectivity index (χ1n) is 6.20. The summed E-state index contributed by atoms with van der Waals surface area (Å²) in [5.41, 5.74) is 6.62. The van der Waals surface area contributed by atoms with Crippen LogP contribution in [-0.2, 0) is 11.8 Å². The highest BCUT2D eigenvalue weighted by atomic mass is 35.5. The number of hydrogen-bond donors (Lipinski definition) is 2. The number of halogens is 1. The second kappa shape index (κ2) is 6.75. The molecule has 0 radical (unpaired) electrons. The van der Waals surface area contributed by atoms with Crippen LogP contribution in [0, 0.1) is 5.92 Å². The highest BCUT2D eigenvalue weighted by Gasteiger charge is 2.22. The maximum absolute atomic E-state index is 11.8. The van der Waals surface area contributed by atoms with E-state index in [0.717, 1.165) is 6.42 Å². The molecule has 1 atom stereocenters. The smallest absolute Gasteiger partial charge is 0.241 e. The van der Waals surface area contributed by atoms with E-state index in [1.165, 1.54) is 25.7 Å². The van der Waals surface area contributed by atoms with Gasteiger partial charge in [-0.3, -0.25) is 9.48 Å². The molecular formula is C12H21ClN4O. The summed E-state index contributed by atoms with van der Waals surface area (Å²) < 4.78 is 1.65. The van der Waals surface area contributed by atoms with Crippen molar-refractivity contribution < 1.29 is 4.79 Å². The largest absolute Gasteiger partial charge is 0.322 e. The monoisotopic (exact) mass is 272 g/mol. The highest BCUT2D eigenvalue weighted by molar-refractivity contribution is 5.94. The van der Waals surface area contributed by atoms with Crippen LogP contribution in [0.5, 0.6) is 0 Å². The van der Waals surface area contributed by atoms with Crippen LogP contribution in [0.15, 0.2) is 12.4 Å². The lowest BCUT2D eigenvalue weighted by Crippen LogP contribution is -2.36. The number of carbonyl (C=O) groups is 1. The Morgan fingerprint density at radius 1 is 1.61 bits per heavy atom. The van der Waals surface area contributed by atoms with E-state index in [4.69, 9.17) is 5.73 Å². The van der Waals surface area contributed by atoms with Crippen LogP contribution in [0.4, 0.5) is 5.69 Å². The third kappa shape index (κ3) is 3.99. The Labute approximate surface area is 114 Å². The molecule has 18 heavy (non-hydrogen) atoms. The van der Waals surface area contributed by atoms with E-state index < -0.39 is 6.04 Å². The standard InChI is InChI=1S/C12H20N4O.ClH/c1-16-8-10(7-14-16)15-12(17)11(13)6-9-4-2-3-5-9;/h7-9,11H,2-6,13H2,1H3,(H,15,17);1H/t11-;/m0./s1. The third-order valence-electron chi connectivity index (χ3n) is 3.37. The Morgan fingerprint density at radius 2 is 2.28 bits per heavy atom. The first-order valence-corrected chi connectivity index (χ1v) is 6.20. The van der Waals surface area contributed by atoms with Gasteiger partial charge in [0.2, 0.25) is 5.91 Å². The lowest BCUT2D eigenvalue weighted by atomic mass is 9.98. The summed E-state index contributed by atoms with van der Waals surface area (Å²) in [7, 11) is 1.81. The molecule has 1 amide bonds. The minimum atomic E-state index is -0.404. The number of amides is 1. The number of rotatable bonds is 4. The fourth-order valence-corrected chi connectivity index (χ4v) is 2.43. The fraction of sp³-hybridized carbons (Fsp3) is 0.667. The molecule has 1 aromatic rings. The van der Waals surface area contributed by atoms with Gasteiger partial charge in [0.05, 0.1) is 17.9 Å². The predicted molar refractivity (Wildman–Crippen MR) is 73.6 cm³/mol. The van der Waals surface area contributed by atoms with Gasteiger partial charge < -0.3 is 11.1 Å². The van der Waals surface area contributed by atoms with E-state index in [1.54, 1.807) is 17.1 Å². The molecule has 1 heterocycles. The summed E-state index contributed by atoms with van der Waals surface area (Å²) in [6, 6.07) is -0.404. The van der Waals surface area contributed by atoms with Gasteiger partial charge in [0.25, 0.3) is 0 Å². The molecule has 0 spiro atoms. The van der Waals surface area contributed by atoms with E-state index in [2.05, 4.69) is 10.4 Å². The van der Waals surface area contributed by atoms with E-state index >= 15 is 0 Å². The number of carbonyl (C=O) groups excluding carboxylic acids is 1. The molecule has 0 saturated heterocycles. The van der Waals surface area contributed by atoms with Gasteiger partial charge in [0, 0.05) is 13.2 Å². The second-order valence-corrected chi connectivity index (χ2v) is 4.88. The molecule has 0 aromatic carbocycles. The maximum Gasteiger partial charge on any atom is 0.241 e. The van der Waals surface area contributed by atoms with Crippen molar-refractivity contribution in [2.45, 2.75) is 38.1 Å². The van der Waals surface area contributed by atoms with Crippen LogP contribution in [0.3, 0.4) is 0 Å². The topological polar surface area (TPSA) is 72.9 Å². The molecule has 0 bridgehead atoms. The Hall–Kier alpha value is -1.07. The summed E-state index contributed by atoms with van der Waals surface area (Å²) in [4.78, 5) is 11.8. The zero-order valence-electron chi connectivity index (χ0n) is 10.6. The zero-order chi connectivity index (χ0) is 12.3. The van der Waals surface area contributed by atoms with Gasteiger partial charge in [-0.1, -0.05) is 25.7 Å². The average molecular weight is 273 g/mol. The van der Waals surface area contributed by atoms with Crippen LogP contribution in [0.2, 0.25) is 0 Å². The molecule has 0 unspecified atom stereocenters. The van der Waals surface area contributed by atoms with Crippen LogP contribution in [0.25, 0.3) is 0 Å². The number of nitrogens with zero attached hydrogens (tertiary/aromatic N) is 2. The van der Waals surface area contributed by atoms with E-state index in [1.807, 2.05) is 7.05 Å². The van der Waals surface area contributed by atoms with Crippen molar-refractivity contribution >= 4 is 24.0 Å². The molecule has 1 aliphatic carbocycles. The minimum Gasteiger partial charge on any atom is -0.322 e. The summed E-state index contributed by atoms with van der Waals surface area (Å²) in [6.45, 7) is 0. The lowest BCUT2D eigenvalue weighted by Gasteiger charge is -2.15. The summed E-state index contributed by atoms with van der Waals surface area (Å²) >= 11 is 0. The van der Waals surface area contributed by atoms with Gasteiger partial charge in [-0.2, -0.15) is 5.10 Å². The summed E-state index contributed by atoms with van der Waals surface area (Å²) in [5.74, 6) is 0.523. The van der Waals surface area contributed by atoms with Crippen molar-refractivity contribution in [3.63, 3.8) is 0 Å². The van der Waals surface area contributed by atoms with E-state index in [0.29, 0.717) is 11.6 Å². The van der Waals surface area contributed by atoms with Crippen LogP contribution in [-0.4, -0.2) is 21.7 Å². The minimum absolute atomic E-state index is 0. The first-order chi connectivity index (χ1) is 8.15. The fourth-order valence-electron chi connectivity index (χ4n) is 2.43. The number of aryl methyl sites for hydroxylation is 1. The van der Waals surface area contributed by atoms with Gasteiger partial charge in [0.15, 0.2) is 0 Å². The van der Waals surface area contributed by atoms with Gasteiger partial charge in [-0.05, 0) is 12.3 Å². The summed E-state index contributed by atoms with van der Waals surface area (Å²) in [5, 5.41) is 6.78. The predicted octanol–water partition coefficient (Wildman–Crippen LogP) is 1.69. The van der Waals surface area contributed by atoms with Crippen LogP contribution >= 0.6 is 12.4 Å². The quantitative estimate of drug-likeness (QED) is 0.876. The third-order valence-corrected chi connectivity index (χ3v) is 3.37. The van der Waals surface area contributed by atoms with Gasteiger partial charge in [0.1, 0.15) is 0 Å². The molecule has 102 valence electrons. The molecule has 2 rings (SSSR count). The zero-order valence-corrected chi connectivity index (χ0v) is 11.4. The van der Waals surface area contributed by atoms with Crippen molar-refractivity contribution in [3.8, 4) is 0 Å².